The summed E-state index contributed by atoms with van der Waals surface area (Å²) >= 11 is 0. The lowest BCUT2D eigenvalue weighted by atomic mass is 9.69. The SMILES string of the molecule is CC(C)(c1ccc(-c2cnc3ccccc3c2)cc1)C1CCN(C(=O)[C@H]2CCCO2)CC1. The summed E-state index contributed by atoms with van der Waals surface area (Å²) in [6.07, 6.45) is 5.73. The molecule has 0 unspecified atom stereocenters. The molecule has 2 aliphatic rings. The fourth-order valence-corrected chi connectivity index (χ4v) is 5.35. The van der Waals surface area contributed by atoms with Gasteiger partial charge in [-0.1, -0.05) is 56.3 Å². The second-order valence-corrected chi connectivity index (χ2v) is 9.82. The van der Waals surface area contributed by atoms with E-state index in [4.69, 9.17) is 4.74 Å². The third-order valence-corrected chi connectivity index (χ3v) is 7.59. The molecule has 166 valence electrons. The van der Waals surface area contributed by atoms with Crippen LogP contribution in [-0.4, -0.2) is 41.6 Å². The van der Waals surface area contributed by atoms with Gasteiger partial charge in [0.15, 0.2) is 0 Å². The lowest BCUT2D eigenvalue weighted by Crippen LogP contribution is -2.46. The van der Waals surface area contributed by atoms with Crippen LogP contribution < -0.4 is 0 Å². The number of carbonyl (C=O) groups excluding carboxylic acids is 1. The van der Waals surface area contributed by atoms with E-state index in [1.54, 1.807) is 0 Å². The number of carbonyl (C=O) groups is 1. The van der Waals surface area contributed by atoms with Gasteiger partial charge in [0.1, 0.15) is 6.10 Å². The fourth-order valence-electron chi connectivity index (χ4n) is 5.35. The van der Waals surface area contributed by atoms with Crippen molar-refractivity contribution in [1.82, 2.24) is 9.88 Å². The summed E-state index contributed by atoms with van der Waals surface area (Å²) in [6.45, 7) is 7.11. The van der Waals surface area contributed by atoms with Gasteiger partial charge in [0.2, 0.25) is 0 Å². The molecule has 4 heteroatoms. The minimum absolute atomic E-state index is 0.0686. The van der Waals surface area contributed by atoms with Crippen molar-refractivity contribution in [3.8, 4) is 11.1 Å². The number of piperidine rings is 1. The van der Waals surface area contributed by atoms with Gasteiger partial charge >= 0.3 is 0 Å². The summed E-state index contributed by atoms with van der Waals surface area (Å²) < 4.78 is 5.61. The monoisotopic (exact) mass is 428 g/mol. The maximum absolute atomic E-state index is 12.7. The molecule has 0 saturated carbocycles. The Bertz CT molecular complexity index is 1090. The predicted octanol–water partition coefficient (Wildman–Crippen LogP) is 5.60. The summed E-state index contributed by atoms with van der Waals surface area (Å²) in [5.41, 5.74) is 4.80. The summed E-state index contributed by atoms with van der Waals surface area (Å²) in [6, 6.07) is 19.4. The quantitative estimate of drug-likeness (QED) is 0.543. The lowest BCUT2D eigenvalue weighted by Gasteiger charge is -2.41. The molecule has 0 spiro atoms. The van der Waals surface area contributed by atoms with Crippen LogP contribution in [0.4, 0.5) is 0 Å². The summed E-state index contributed by atoms with van der Waals surface area (Å²) in [7, 11) is 0. The number of rotatable bonds is 4. The number of nitrogens with zero attached hydrogens (tertiary/aromatic N) is 2. The molecular weight excluding hydrogens is 396 g/mol. The highest BCUT2D eigenvalue weighted by Crippen LogP contribution is 2.39. The minimum Gasteiger partial charge on any atom is -0.368 e. The standard InChI is InChI=1S/C28H32N2O2/c1-28(2,24-13-15-30(16-14-24)27(31)26-8-5-17-32-26)23-11-9-20(10-12-23)22-18-21-6-3-4-7-25(21)29-19-22/h3-4,6-7,9-12,18-19,24,26H,5,8,13-17H2,1-2H3/t26-/m1/s1. The van der Waals surface area contributed by atoms with Crippen LogP contribution in [0.5, 0.6) is 0 Å². The molecule has 4 nitrogen and oxygen atoms in total. The molecule has 2 fully saturated rings. The summed E-state index contributed by atoms with van der Waals surface area (Å²) in [5.74, 6) is 0.760. The molecular formula is C28H32N2O2. The van der Waals surface area contributed by atoms with E-state index in [1.165, 1.54) is 16.5 Å². The molecule has 0 aliphatic carbocycles. The van der Waals surface area contributed by atoms with Crippen molar-refractivity contribution in [2.45, 2.75) is 51.0 Å². The highest BCUT2D eigenvalue weighted by Gasteiger charge is 2.37. The number of aromatic nitrogens is 1. The third kappa shape index (κ3) is 4.04. The van der Waals surface area contributed by atoms with Crippen molar-refractivity contribution < 1.29 is 9.53 Å². The molecule has 0 bridgehead atoms. The van der Waals surface area contributed by atoms with Gasteiger partial charge in [0.05, 0.1) is 5.52 Å². The molecule has 1 aromatic heterocycles. The Morgan fingerprint density at radius 1 is 1.00 bits per heavy atom. The molecule has 5 rings (SSSR count). The number of likely N-dealkylation sites (tertiary alicyclic amines) is 1. The number of hydrogen-bond acceptors (Lipinski definition) is 3. The Labute approximate surface area is 190 Å². The van der Waals surface area contributed by atoms with Crippen LogP contribution in [0, 0.1) is 5.92 Å². The average Bonchev–Trinajstić information content (AvgIpc) is 3.38. The topological polar surface area (TPSA) is 42.4 Å². The second kappa shape index (κ2) is 8.67. The Kier molecular flexibility index (Phi) is 5.73. The molecule has 3 aromatic rings. The largest absolute Gasteiger partial charge is 0.368 e. The number of hydrogen-bond donors (Lipinski definition) is 0. The molecule has 0 N–H and O–H groups in total. The Morgan fingerprint density at radius 2 is 1.75 bits per heavy atom. The normalized spacial score (nSPS) is 20.1. The number of fused-ring (bicyclic) bond motifs is 1. The lowest BCUT2D eigenvalue weighted by molar-refractivity contribution is -0.142. The Balaban J connectivity index is 1.27. The van der Waals surface area contributed by atoms with Gasteiger partial charge in [-0.2, -0.15) is 0 Å². The first kappa shape index (κ1) is 21.1. The van der Waals surface area contributed by atoms with E-state index in [-0.39, 0.29) is 17.4 Å². The molecule has 2 aliphatic heterocycles. The minimum atomic E-state index is -0.197. The van der Waals surface area contributed by atoms with Crippen LogP contribution in [0.25, 0.3) is 22.0 Å². The number of amides is 1. The Hall–Kier alpha value is -2.72. The molecule has 3 heterocycles. The average molecular weight is 429 g/mol. The van der Waals surface area contributed by atoms with E-state index in [1.807, 2.05) is 23.2 Å². The van der Waals surface area contributed by atoms with Crippen molar-refractivity contribution in [3.63, 3.8) is 0 Å². The van der Waals surface area contributed by atoms with E-state index >= 15 is 0 Å². The number of benzene rings is 2. The van der Waals surface area contributed by atoms with Gasteiger partial charge in [0, 0.05) is 36.8 Å². The number of para-hydroxylation sites is 1. The van der Waals surface area contributed by atoms with Crippen LogP contribution in [-0.2, 0) is 14.9 Å². The van der Waals surface area contributed by atoms with Crippen molar-refractivity contribution in [2.24, 2.45) is 5.92 Å². The van der Waals surface area contributed by atoms with Crippen molar-refractivity contribution in [2.75, 3.05) is 19.7 Å². The van der Waals surface area contributed by atoms with Crippen LogP contribution in [0.1, 0.15) is 45.1 Å². The van der Waals surface area contributed by atoms with E-state index < -0.39 is 0 Å². The van der Waals surface area contributed by atoms with Crippen LogP contribution in [0.15, 0.2) is 60.8 Å². The van der Waals surface area contributed by atoms with Crippen LogP contribution >= 0.6 is 0 Å². The van der Waals surface area contributed by atoms with Crippen molar-refractivity contribution >= 4 is 16.8 Å². The van der Waals surface area contributed by atoms with E-state index in [2.05, 4.69) is 61.3 Å². The van der Waals surface area contributed by atoms with Crippen LogP contribution in [0.3, 0.4) is 0 Å². The van der Waals surface area contributed by atoms with Gasteiger partial charge < -0.3 is 9.64 Å². The Morgan fingerprint density at radius 3 is 2.47 bits per heavy atom. The van der Waals surface area contributed by atoms with Gasteiger partial charge in [-0.3, -0.25) is 9.78 Å². The maximum Gasteiger partial charge on any atom is 0.251 e. The summed E-state index contributed by atoms with van der Waals surface area (Å²) in [4.78, 5) is 19.3. The maximum atomic E-state index is 12.7. The van der Waals surface area contributed by atoms with E-state index in [9.17, 15) is 4.79 Å². The molecule has 32 heavy (non-hydrogen) atoms. The predicted molar refractivity (Wildman–Crippen MR) is 128 cm³/mol. The zero-order valence-corrected chi connectivity index (χ0v) is 19.1. The van der Waals surface area contributed by atoms with Gasteiger partial charge in [-0.05, 0) is 60.3 Å². The second-order valence-electron chi connectivity index (χ2n) is 9.82. The number of ether oxygens (including phenoxy) is 1. The van der Waals surface area contributed by atoms with Gasteiger partial charge in [0.25, 0.3) is 5.91 Å². The number of pyridine rings is 1. The fraction of sp³-hybridized carbons (Fsp3) is 0.429. The van der Waals surface area contributed by atoms with Gasteiger partial charge in [-0.25, -0.2) is 0 Å². The van der Waals surface area contributed by atoms with Crippen molar-refractivity contribution in [3.05, 3.63) is 66.4 Å². The highest BCUT2D eigenvalue weighted by atomic mass is 16.5. The zero-order valence-electron chi connectivity index (χ0n) is 19.1. The first-order valence-electron chi connectivity index (χ1n) is 11.9. The molecule has 2 saturated heterocycles. The smallest absolute Gasteiger partial charge is 0.251 e. The van der Waals surface area contributed by atoms with E-state index in [0.29, 0.717) is 5.92 Å². The third-order valence-electron chi connectivity index (χ3n) is 7.59. The molecule has 0 radical (unpaired) electrons. The van der Waals surface area contributed by atoms with Crippen LogP contribution in [0.2, 0.25) is 0 Å². The molecule has 1 atom stereocenters. The molecule has 2 aromatic carbocycles. The molecule has 1 amide bonds. The van der Waals surface area contributed by atoms with E-state index in [0.717, 1.165) is 56.5 Å². The highest BCUT2D eigenvalue weighted by molar-refractivity contribution is 5.83. The zero-order chi connectivity index (χ0) is 22.1. The first-order chi connectivity index (χ1) is 15.5. The van der Waals surface area contributed by atoms with Crippen molar-refractivity contribution in [1.29, 1.82) is 0 Å². The van der Waals surface area contributed by atoms with Gasteiger partial charge in [-0.15, -0.1) is 0 Å². The summed E-state index contributed by atoms with van der Waals surface area (Å²) in [5, 5.41) is 1.17. The first-order valence-corrected chi connectivity index (χ1v) is 11.9.